The summed E-state index contributed by atoms with van der Waals surface area (Å²) in [6.45, 7) is 2.07. The Bertz CT molecular complexity index is 761. The third-order valence-corrected chi connectivity index (χ3v) is 3.35. The lowest BCUT2D eigenvalue weighted by Gasteiger charge is -2.09. The van der Waals surface area contributed by atoms with Crippen LogP contribution in [-0.4, -0.2) is 16.1 Å². The van der Waals surface area contributed by atoms with Crippen LogP contribution in [0.4, 0.5) is 5.69 Å². The van der Waals surface area contributed by atoms with Gasteiger partial charge in [-0.25, -0.2) is 0 Å². The van der Waals surface area contributed by atoms with Crippen LogP contribution in [0.25, 0.3) is 10.9 Å². The summed E-state index contributed by atoms with van der Waals surface area (Å²) < 4.78 is 0. The summed E-state index contributed by atoms with van der Waals surface area (Å²) in [5.41, 5.74) is 3.47. The van der Waals surface area contributed by atoms with E-state index in [9.17, 15) is 4.79 Å². The maximum atomic E-state index is 12.3. The largest absolute Gasteiger partial charge is 0.322 e. The van der Waals surface area contributed by atoms with E-state index in [0.29, 0.717) is 5.56 Å². The number of fused-ring (bicyclic) bond motifs is 1. The fourth-order valence-corrected chi connectivity index (χ4v) is 2.22. The van der Waals surface area contributed by atoms with Crippen LogP contribution in [0.2, 0.25) is 0 Å². The van der Waals surface area contributed by atoms with Crippen LogP contribution in [0.5, 0.6) is 0 Å². The molecular weight excluding hydrogens is 250 g/mol. The normalized spacial score (nSPS) is 10.7. The van der Waals surface area contributed by atoms with Crippen molar-refractivity contribution in [2.45, 2.75) is 13.3 Å². The van der Waals surface area contributed by atoms with Gasteiger partial charge in [0.05, 0.1) is 11.7 Å². The predicted octanol–water partition coefficient (Wildman–Crippen LogP) is 3.38. The first kappa shape index (κ1) is 12.4. The number of anilines is 1. The van der Waals surface area contributed by atoms with Gasteiger partial charge in [0.1, 0.15) is 0 Å². The van der Waals surface area contributed by atoms with Crippen molar-refractivity contribution in [3.05, 3.63) is 59.8 Å². The molecule has 1 heterocycles. The molecule has 0 bridgehead atoms. The first-order chi connectivity index (χ1) is 9.78. The highest BCUT2D eigenvalue weighted by Crippen LogP contribution is 2.18. The number of benzene rings is 2. The van der Waals surface area contributed by atoms with Crippen LogP contribution >= 0.6 is 0 Å². The number of carbonyl (C=O) groups excluding carboxylic acids is 1. The van der Waals surface area contributed by atoms with Crippen molar-refractivity contribution >= 4 is 22.5 Å². The highest BCUT2D eigenvalue weighted by molar-refractivity contribution is 6.06. The summed E-state index contributed by atoms with van der Waals surface area (Å²) in [6.07, 6.45) is 2.62. The second-order valence-corrected chi connectivity index (χ2v) is 4.64. The second kappa shape index (κ2) is 5.17. The Morgan fingerprint density at radius 1 is 1.25 bits per heavy atom. The summed E-state index contributed by atoms with van der Waals surface area (Å²) in [7, 11) is 0. The maximum Gasteiger partial charge on any atom is 0.255 e. The number of rotatable bonds is 3. The van der Waals surface area contributed by atoms with Gasteiger partial charge >= 0.3 is 0 Å². The molecule has 0 unspecified atom stereocenters. The molecule has 0 saturated carbocycles. The van der Waals surface area contributed by atoms with Crippen molar-refractivity contribution < 1.29 is 4.79 Å². The lowest BCUT2D eigenvalue weighted by Crippen LogP contribution is -2.13. The molecule has 4 nitrogen and oxygen atoms in total. The monoisotopic (exact) mass is 265 g/mol. The number of aryl methyl sites for hydroxylation is 1. The van der Waals surface area contributed by atoms with Crippen molar-refractivity contribution in [3.63, 3.8) is 0 Å². The Kier molecular flexibility index (Phi) is 3.21. The molecule has 0 saturated heterocycles. The second-order valence-electron chi connectivity index (χ2n) is 4.64. The fraction of sp³-hybridized carbons (Fsp3) is 0.125. The number of H-pyrrole nitrogens is 1. The van der Waals surface area contributed by atoms with Gasteiger partial charge in [-0.2, -0.15) is 5.10 Å². The quantitative estimate of drug-likeness (QED) is 0.762. The van der Waals surface area contributed by atoms with Gasteiger partial charge in [-0.15, -0.1) is 0 Å². The zero-order valence-corrected chi connectivity index (χ0v) is 11.2. The number of aromatic amines is 1. The van der Waals surface area contributed by atoms with Gasteiger partial charge < -0.3 is 5.32 Å². The number of para-hydroxylation sites is 1. The van der Waals surface area contributed by atoms with Crippen molar-refractivity contribution in [2.24, 2.45) is 0 Å². The summed E-state index contributed by atoms with van der Waals surface area (Å²) in [6, 6.07) is 13.4. The van der Waals surface area contributed by atoms with Crippen LogP contribution in [0.3, 0.4) is 0 Å². The Morgan fingerprint density at radius 3 is 2.95 bits per heavy atom. The molecule has 0 spiro atoms. The fourth-order valence-electron chi connectivity index (χ4n) is 2.22. The van der Waals surface area contributed by atoms with Gasteiger partial charge in [0.15, 0.2) is 0 Å². The zero-order valence-electron chi connectivity index (χ0n) is 11.2. The van der Waals surface area contributed by atoms with Gasteiger partial charge in [-0.1, -0.05) is 31.2 Å². The SMILES string of the molecule is CCc1ccccc1NC(=O)c1ccc2cn[nH]c2c1. The van der Waals surface area contributed by atoms with Gasteiger partial charge in [-0.05, 0) is 30.2 Å². The van der Waals surface area contributed by atoms with Crippen LogP contribution in [0.1, 0.15) is 22.8 Å². The molecule has 0 aliphatic heterocycles. The Labute approximate surface area is 116 Å². The van der Waals surface area contributed by atoms with E-state index in [2.05, 4.69) is 22.4 Å². The van der Waals surface area contributed by atoms with Crippen molar-refractivity contribution in [2.75, 3.05) is 5.32 Å². The minimum absolute atomic E-state index is 0.109. The van der Waals surface area contributed by atoms with E-state index in [0.717, 1.165) is 28.6 Å². The van der Waals surface area contributed by atoms with Gasteiger partial charge in [-0.3, -0.25) is 9.89 Å². The lowest BCUT2D eigenvalue weighted by atomic mass is 10.1. The minimum Gasteiger partial charge on any atom is -0.322 e. The van der Waals surface area contributed by atoms with E-state index in [4.69, 9.17) is 0 Å². The minimum atomic E-state index is -0.109. The number of hydrogen-bond donors (Lipinski definition) is 2. The number of nitrogens with one attached hydrogen (secondary N) is 2. The molecule has 20 heavy (non-hydrogen) atoms. The average molecular weight is 265 g/mol. The van der Waals surface area contributed by atoms with E-state index < -0.39 is 0 Å². The molecule has 100 valence electrons. The number of aromatic nitrogens is 2. The molecule has 0 fully saturated rings. The summed E-state index contributed by atoms with van der Waals surface area (Å²) >= 11 is 0. The van der Waals surface area contributed by atoms with E-state index in [1.165, 1.54) is 0 Å². The molecule has 1 aromatic heterocycles. The molecular formula is C16H15N3O. The van der Waals surface area contributed by atoms with E-state index in [-0.39, 0.29) is 5.91 Å². The van der Waals surface area contributed by atoms with E-state index >= 15 is 0 Å². The first-order valence-electron chi connectivity index (χ1n) is 6.60. The molecule has 3 aromatic rings. The lowest BCUT2D eigenvalue weighted by molar-refractivity contribution is 0.102. The standard InChI is InChI=1S/C16H15N3O/c1-2-11-5-3-4-6-14(11)18-16(20)12-7-8-13-10-17-19-15(13)9-12/h3-10H,2H2,1H3,(H,17,19)(H,18,20). The van der Waals surface area contributed by atoms with Crippen LogP contribution in [0.15, 0.2) is 48.7 Å². The van der Waals surface area contributed by atoms with Crippen molar-refractivity contribution in [3.8, 4) is 0 Å². The number of amides is 1. The van der Waals surface area contributed by atoms with Gasteiger partial charge in [0, 0.05) is 16.6 Å². The molecule has 2 aromatic carbocycles. The van der Waals surface area contributed by atoms with Gasteiger partial charge in [0.25, 0.3) is 5.91 Å². The highest BCUT2D eigenvalue weighted by Gasteiger charge is 2.09. The third kappa shape index (κ3) is 2.28. The van der Waals surface area contributed by atoms with Gasteiger partial charge in [0.2, 0.25) is 0 Å². The molecule has 4 heteroatoms. The number of carbonyl (C=O) groups is 1. The van der Waals surface area contributed by atoms with Crippen molar-refractivity contribution in [1.82, 2.24) is 10.2 Å². The Balaban J connectivity index is 1.88. The predicted molar refractivity (Wildman–Crippen MR) is 79.9 cm³/mol. The summed E-state index contributed by atoms with van der Waals surface area (Å²) in [5.74, 6) is -0.109. The number of nitrogens with zero attached hydrogens (tertiary/aromatic N) is 1. The van der Waals surface area contributed by atoms with E-state index in [1.54, 1.807) is 6.20 Å². The maximum absolute atomic E-state index is 12.3. The highest BCUT2D eigenvalue weighted by atomic mass is 16.1. The van der Waals surface area contributed by atoms with Crippen LogP contribution in [0, 0.1) is 0 Å². The van der Waals surface area contributed by atoms with Crippen LogP contribution < -0.4 is 5.32 Å². The molecule has 1 amide bonds. The molecule has 0 aliphatic carbocycles. The summed E-state index contributed by atoms with van der Waals surface area (Å²) in [5, 5.41) is 10.8. The molecule has 0 radical (unpaired) electrons. The first-order valence-corrected chi connectivity index (χ1v) is 6.60. The zero-order chi connectivity index (χ0) is 13.9. The Morgan fingerprint density at radius 2 is 2.10 bits per heavy atom. The van der Waals surface area contributed by atoms with E-state index in [1.807, 2.05) is 42.5 Å². The molecule has 3 rings (SSSR count). The molecule has 2 N–H and O–H groups in total. The Hall–Kier alpha value is -2.62. The topological polar surface area (TPSA) is 57.8 Å². The van der Waals surface area contributed by atoms with Crippen LogP contribution in [-0.2, 0) is 6.42 Å². The third-order valence-electron chi connectivity index (χ3n) is 3.35. The van der Waals surface area contributed by atoms with Crippen molar-refractivity contribution in [1.29, 1.82) is 0 Å². The average Bonchev–Trinajstić information content (AvgIpc) is 2.95. The molecule has 0 atom stereocenters. The summed E-state index contributed by atoms with van der Waals surface area (Å²) in [4.78, 5) is 12.3. The smallest absolute Gasteiger partial charge is 0.255 e. The number of hydrogen-bond acceptors (Lipinski definition) is 2. The molecule has 0 aliphatic rings.